The molecule has 94 valence electrons. The monoisotopic (exact) mass is 241 g/mol. The third-order valence-corrected chi connectivity index (χ3v) is 2.20. The average Bonchev–Trinajstić information content (AvgIpc) is 2.13. The molecular weight excluding hydrogens is 225 g/mol. The largest absolute Gasteiger partial charge is 0.493 e. The van der Waals surface area contributed by atoms with Gasteiger partial charge in [0.1, 0.15) is 5.56 Å². The number of carboxylic acid groups (broad SMARTS) is 1. The number of nitrogens with two attached hydrogens (primary N) is 1. The van der Waals surface area contributed by atoms with Crippen LogP contribution < -0.4 is 10.5 Å². The van der Waals surface area contributed by atoms with Crippen LogP contribution in [0.2, 0.25) is 0 Å². The van der Waals surface area contributed by atoms with Crippen molar-refractivity contribution in [2.45, 2.75) is 25.8 Å². The summed E-state index contributed by atoms with van der Waals surface area (Å²) < 4.78 is 18.4. The van der Waals surface area contributed by atoms with Crippen LogP contribution in [0.15, 0.2) is 12.1 Å². The Bertz CT molecular complexity index is 438. The Morgan fingerprint density at radius 2 is 2.12 bits per heavy atom. The Hall–Kier alpha value is -1.62. The first-order chi connectivity index (χ1) is 7.74. The predicted octanol–water partition coefficient (Wildman–Crippen LogP) is 1.81. The standard InChI is InChI=1S/C12H16FNO3/c1-12(2,14)6-7-4-8(11(15)16)10(17-3)9(13)5-7/h4-5H,6,14H2,1-3H3,(H,15,16). The van der Waals surface area contributed by atoms with Gasteiger partial charge >= 0.3 is 5.97 Å². The smallest absolute Gasteiger partial charge is 0.339 e. The van der Waals surface area contributed by atoms with Crippen molar-refractivity contribution in [2.75, 3.05) is 7.11 Å². The molecule has 0 aromatic heterocycles. The minimum atomic E-state index is -1.22. The van der Waals surface area contributed by atoms with E-state index in [1.54, 1.807) is 13.8 Å². The lowest BCUT2D eigenvalue weighted by atomic mass is 9.94. The Morgan fingerprint density at radius 3 is 2.53 bits per heavy atom. The molecule has 0 amide bonds. The summed E-state index contributed by atoms with van der Waals surface area (Å²) in [7, 11) is 1.23. The van der Waals surface area contributed by atoms with E-state index in [4.69, 9.17) is 15.6 Å². The number of benzene rings is 1. The van der Waals surface area contributed by atoms with Gasteiger partial charge in [0, 0.05) is 5.54 Å². The predicted molar refractivity (Wildman–Crippen MR) is 61.9 cm³/mol. The maximum absolute atomic E-state index is 13.6. The summed E-state index contributed by atoms with van der Waals surface area (Å²) in [6.45, 7) is 3.57. The Morgan fingerprint density at radius 1 is 1.53 bits per heavy atom. The van der Waals surface area contributed by atoms with E-state index >= 15 is 0 Å². The van der Waals surface area contributed by atoms with E-state index in [9.17, 15) is 9.18 Å². The molecule has 0 heterocycles. The van der Waals surface area contributed by atoms with Crippen molar-refractivity contribution >= 4 is 5.97 Å². The van der Waals surface area contributed by atoms with Crippen LogP contribution in [0.4, 0.5) is 4.39 Å². The van der Waals surface area contributed by atoms with Crippen molar-refractivity contribution in [3.63, 3.8) is 0 Å². The molecule has 0 fully saturated rings. The molecule has 0 atom stereocenters. The Labute approximate surface area is 99.2 Å². The molecule has 0 saturated carbocycles. The second-order valence-electron chi connectivity index (χ2n) is 4.63. The van der Waals surface area contributed by atoms with Gasteiger partial charge in [0.15, 0.2) is 11.6 Å². The fraction of sp³-hybridized carbons (Fsp3) is 0.417. The third-order valence-electron chi connectivity index (χ3n) is 2.20. The van der Waals surface area contributed by atoms with Gasteiger partial charge in [-0.1, -0.05) is 0 Å². The number of methoxy groups -OCH3 is 1. The van der Waals surface area contributed by atoms with E-state index in [1.165, 1.54) is 19.2 Å². The molecule has 0 aliphatic carbocycles. The average molecular weight is 241 g/mol. The normalized spacial score (nSPS) is 11.4. The van der Waals surface area contributed by atoms with E-state index < -0.39 is 17.3 Å². The fourth-order valence-corrected chi connectivity index (χ4v) is 1.64. The second kappa shape index (κ2) is 4.71. The van der Waals surface area contributed by atoms with Crippen molar-refractivity contribution in [3.05, 3.63) is 29.1 Å². The maximum Gasteiger partial charge on any atom is 0.339 e. The molecule has 1 rings (SSSR count). The van der Waals surface area contributed by atoms with Crippen LogP contribution in [0.3, 0.4) is 0 Å². The molecule has 17 heavy (non-hydrogen) atoms. The lowest BCUT2D eigenvalue weighted by molar-refractivity contribution is 0.0692. The molecule has 0 bridgehead atoms. The van der Waals surface area contributed by atoms with Gasteiger partial charge in [-0.2, -0.15) is 0 Å². The van der Waals surface area contributed by atoms with Gasteiger partial charge in [0.25, 0.3) is 0 Å². The first kappa shape index (κ1) is 13.4. The number of hydrogen-bond donors (Lipinski definition) is 2. The van der Waals surface area contributed by atoms with Crippen LogP contribution in [0.1, 0.15) is 29.8 Å². The first-order valence-electron chi connectivity index (χ1n) is 5.13. The van der Waals surface area contributed by atoms with Crippen molar-refractivity contribution < 1.29 is 19.0 Å². The van der Waals surface area contributed by atoms with Crippen LogP contribution in [-0.4, -0.2) is 23.7 Å². The molecule has 0 aliphatic heterocycles. The lowest BCUT2D eigenvalue weighted by Gasteiger charge is -2.19. The van der Waals surface area contributed by atoms with Crippen molar-refractivity contribution in [3.8, 4) is 5.75 Å². The van der Waals surface area contributed by atoms with Gasteiger partial charge in [-0.15, -0.1) is 0 Å². The first-order valence-corrected chi connectivity index (χ1v) is 5.13. The fourth-order valence-electron chi connectivity index (χ4n) is 1.64. The molecule has 0 unspecified atom stereocenters. The van der Waals surface area contributed by atoms with E-state index in [2.05, 4.69) is 0 Å². The van der Waals surface area contributed by atoms with Crippen LogP contribution >= 0.6 is 0 Å². The Kier molecular flexibility index (Phi) is 3.72. The zero-order valence-electron chi connectivity index (χ0n) is 10.1. The van der Waals surface area contributed by atoms with Gasteiger partial charge < -0.3 is 15.6 Å². The maximum atomic E-state index is 13.6. The third kappa shape index (κ3) is 3.42. The highest BCUT2D eigenvalue weighted by Gasteiger charge is 2.20. The quantitative estimate of drug-likeness (QED) is 0.843. The van der Waals surface area contributed by atoms with Crippen LogP contribution in [0.5, 0.6) is 5.75 Å². The van der Waals surface area contributed by atoms with Crippen LogP contribution in [0, 0.1) is 5.82 Å². The highest BCUT2D eigenvalue weighted by atomic mass is 19.1. The zero-order valence-corrected chi connectivity index (χ0v) is 10.1. The molecule has 0 saturated heterocycles. The summed E-state index contributed by atoms with van der Waals surface area (Å²) >= 11 is 0. The summed E-state index contributed by atoms with van der Waals surface area (Å²) in [6, 6.07) is 2.64. The summed E-state index contributed by atoms with van der Waals surface area (Å²) in [5.74, 6) is -2.17. The molecule has 0 spiro atoms. The van der Waals surface area contributed by atoms with Crippen LogP contribution in [0.25, 0.3) is 0 Å². The van der Waals surface area contributed by atoms with E-state index in [1.807, 2.05) is 0 Å². The lowest BCUT2D eigenvalue weighted by Crippen LogP contribution is -2.34. The number of ether oxygens (including phenoxy) is 1. The zero-order chi connectivity index (χ0) is 13.2. The molecule has 0 radical (unpaired) electrons. The van der Waals surface area contributed by atoms with Gasteiger partial charge in [0.05, 0.1) is 7.11 Å². The number of hydrogen-bond acceptors (Lipinski definition) is 3. The number of carbonyl (C=O) groups is 1. The molecule has 4 nitrogen and oxygen atoms in total. The minimum absolute atomic E-state index is 0.188. The second-order valence-corrected chi connectivity index (χ2v) is 4.63. The number of aromatic carboxylic acids is 1. The van der Waals surface area contributed by atoms with Gasteiger partial charge in [-0.25, -0.2) is 9.18 Å². The van der Waals surface area contributed by atoms with E-state index in [0.717, 1.165) is 0 Å². The van der Waals surface area contributed by atoms with Crippen molar-refractivity contribution in [2.24, 2.45) is 5.73 Å². The molecule has 5 heteroatoms. The number of carboxylic acids is 1. The molecule has 0 aliphatic rings. The topological polar surface area (TPSA) is 72.5 Å². The summed E-state index contributed by atoms with van der Waals surface area (Å²) in [4.78, 5) is 11.0. The number of rotatable bonds is 4. The van der Waals surface area contributed by atoms with E-state index in [-0.39, 0.29) is 11.3 Å². The minimum Gasteiger partial charge on any atom is -0.493 e. The van der Waals surface area contributed by atoms with Crippen molar-refractivity contribution in [1.29, 1.82) is 0 Å². The van der Waals surface area contributed by atoms with Crippen LogP contribution in [-0.2, 0) is 6.42 Å². The van der Waals surface area contributed by atoms with Crippen molar-refractivity contribution in [1.82, 2.24) is 0 Å². The molecule has 3 N–H and O–H groups in total. The summed E-state index contributed by atoms with van der Waals surface area (Å²) in [5, 5.41) is 8.97. The Balaban J connectivity index is 3.25. The van der Waals surface area contributed by atoms with Gasteiger partial charge in [-0.05, 0) is 38.0 Å². The SMILES string of the molecule is COc1c(F)cc(CC(C)(C)N)cc1C(=O)O. The summed E-state index contributed by atoms with van der Waals surface area (Å²) in [5.41, 5.74) is 5.63. The van der Waals surface area contributed by atoms with Gasteiger partial charge in [0.2, 0.25) is 0 Å². The molecular formula is C12H16FNO3. The van der Waals surface area contributed by atoms with E-state index in [0.29, 0.717) is 12.0 Å². The number of halogens is 1. The molecule has 1 aromatic carbocycles. The highest BCUT2D eigenvalue weighted by molar-refractivity contribution is 5.91. The highest BCUT2D eigenvalue weighted by Crippen LogP contribution is 2.26. The molecule has 1 aromatic rings. The summed E-state index contributed by atoms with van der Waals surface area (Å²) in [6.07, 6.45) is 0.383. The van der Waals surface area contributed by atoms with Gasteiger partial charge in [-0.3, -0.25) is 0 Å².